The van der Waals surface area contributed by atoms with Gasteiger partial charge in [-0.2, -0.15) is 0 Å². The first-order valence-corrected chi connectivity index (χ1v) is 27.7. The van der Waals surface area contributed by atoms with E-state index in [1.165, 1.54) is 141 Å². The number of aliphatic hydroxyl groups is 8. The van der Waals surface area contributed by atoms with E-state index in [2.05, 4.69) is 43.5 Å². The van der Waals surface area contributed by atoms with Gasteiger partial charge < -0.3 is 65.1 Å². The Bertz CT molecular complexity index is 1300. The molecule has 0 saturated carbocycles. The second kappa shape index (κ2) is 41.7. The number of carbonyl (C=O) groups is 1. The van der Waals surface area contributed by atoms with Gasteiger partial charge in [0, 0.05) is 6.42 Å². The van der Waals surface area contributed by atoms with Crippen LogP contribution in [0.3, 0.4) is 0 Å². The van der Waals surface area contributed by atoms with Gasteiger partial charge in [-0.3, -0.25) is 4.79 Å². The molecule has 2 saturated heterocycles. The first-order chi connectivity index (χ1) is 33.6. The predicted octanol–water partition coefficient (Wildman–Crippen LogP) is 8.27. The topological polar surface area (TPSA) is 228 Å². The molecule has 14 heteroatoms. The molecule has 2 aliphatic rings. The number of unbranched alkanes of at least 4 members (excludes halogenated alkanes) is 26. The summed E-state index contributed by atoms with van der Waals surface area (Å²) in [5.41, 5.74) is 0. The summed E-state index contributed by atoms with van der Waals surface area (Å²) < 4.78 is 22.5. The van der Waals surface area contributed by atoms with Crippen LogP contribution in [-0.2, 0) is 23.7 Å². The van der Waals surface area contributed by atoms with Gasteiger partial charge in [0.2, 0.25) is 5.91 Å². The summed E-state index contributed by atoms with van der Waals surface area (Å²) in [7, 11) is 0. The van der Waals surface area contributed by atoms with E-state index in [1.807, 2.05) is 6.08 Å². The van der Waals surface area contributed by atoms with Crippen LogP contribution >= 0.6 is 0 Å². The average molecular weight is 984 g/mol. The summed E-state index contributed by atoms with van der Waals surface area (Å²) in [5.74, 6) is -0.247. The average Bonchev–Trinajstić information content (AvgIpc) is 3.35. The highest BCUT2D eigenvalue weighted by atomic mass is 16.7. The third kappa shape index (κ3) is 28.3. The van der Waals surface area contributed by atoms with Gasteiger partial charge in [-0.15, -0.1) is 0 Å². The molecule has 0 aliphatic carbocycles. The Balaban J connectivity index is 1.54. The Labute approximate surface area is 417 Å². The van der Waals surface area contributed by atoms with Crippen molar-refractivity contribution in [2.75, 3.05) is 19.8 Å². The molecule has 2 fully saturated rings. The lowest BCUT2D eigenvalue weighted by Gasteiger charge is -2.46. The fourth-order valence-corrected chi connectivity index (χ4v) is 9.01. The standard InChI is InChI=1S/C55H101NO13/c1-3-5-7-9-10-11-12-13-14-15-16-17-18-19-20-21-22-23-24-25-26-27-28-29-30-31-32-33-34-35-37-39-47(60)56-43(44(59)38-36-8-6-4-2)42-66-54-52(65)50(63)53(46(41-58)68-54)69-55-51(64)49(62)48(61)45(40-57)67-55/h12-13,15-16,36,38,43-46,48-55,57-59,61-65H,3-11,14,17-35,37,39-42H2,1-2H3,(H,56,60)/b13-12-,16-15-,38-36+. The normalized spacial score (nSPS) is 26.4. The number of amides is 1. The maximum atomic E-state index is 13.1. The molecule has 2 heterocycles. The Hall–Kier alpha value is -1.79. The van der Waals surface area contributed by atoms with Gasteiger partial charge in [0.1, 0.15) is 48.8 Å². The molecule has 12 atom stereocenters. The molecule has 0 aromatic rings. The van der Waals surface area contributed by atoms with E-state index in [0.717, 1.165) is 44.9 Å². The molecule has 0 bridgehead atoms. The monoisotopic (exact) mass is 984 g/mol. The van der Waals surface area contributed by atoms with E-state index in [0.29, 0.717) is 6.42 Å². The molecule has 404 valence electrons. The van der Waals surface area contributed by atoms with Crippen LogP contribution < -0.4 is 5.32 Å². The van der Waals surface area contributed by atoms with Crippen LogP contribution in [0.15, 0.2) is 36.5 Å². The SMILES string of the molecule is CCCC/C=C/C(O)C(COC1OC(CO)C(OC2OC(CO)C(O)C(O)C2O)C(O)C1O)NC(=O)CCCCCCCCCCCCCCCCCCCCC/C=C\C/C=C\CCCCCCC. The molecule has 0 spiro atoms. The number of rotatable bonds is 43. The number of carbonyl (C=O) groups excluding carboxylic acids is 1. The Kier molecular flexibility index (Phi) is 38.2. The molecule has 12 unspecified atom stereocenters. The van der Waals surface area contributed by atoms with Gasteiger partial charge in [0.25, 0.3) is 0 Å². The summed E-state index contributed by atoms with van der Waals surface area (Å²) in [6, 6.07) is -0.908. The summed E-state index contributed by atoms with van der Waals surface area (Å²) in [6.07, 6.45) is 33.0. The zero-order chi connectivity index (χ0) is 50.3. The number of allylic oxidation sites excluding steroid dienone is 5. The molecule has 69 heavy (non-hydrogen) atoms. The molecule has 0 aromatic carbocycles. The van der Waals surface area contributed by atoms with Crippen LogP contribution in [0.25, 0.3) is 0 Å². The van der Waals surface area contributed by atoms with Crippen molar-refractivity contribution in [3.63, 3.8) is 0 Å². The van der Waals surface area contributed by atoms with E-state index in [1.54, 1.807) is 6.08 Å². The lowest BCUT2D eigenvalue weighted by Crippen LogP contribution is -2.65. The third-order valence-electron chi connectivity index (χ3n) is 13.6. The van der Waals surface area contributed by atoms with E-state index >= 15 is 0 Å². The Morgan fingerprint density at radius 3 is 1.48 bits per heavy atom. The third-order valence-corrected chi connectivity index (χ3v) is 13.6. The predicted molar refractivity (Wildman–Crippen MR) is 272 cm³/mol. The largest absolute Gasteiger partial charge is 0.394 e. The molecule has 9 N–H and O–H groups in total. The first kappa shape index (κ1) is 63.3. The minimum atomic E-state index is -1.78. The smallest absolute Gasteiger partial charge is 0.220 e. The fourth-order valence-electron chi connectivity index (χ4n) is 9.01. The highest BCUT2D eigenvalue weighted by Gasteiger charge is 2.51. The summed E-state index contributed by atoms with van der Waals surface area (Å²) >= 11 is 0. The lowest BCUT2D eigenvalue weighted by atomic mass is 9.97. The van der Waals surface area contributed by atoms with E-state index in [-0.39, 0.29) is 18.9 Å². The number of ether oxygens (including phenoxy) is 4. The minimum Gasteiger partial charge on any atom is -0.394 e. The number of hydrogen-bond acceptors (Lipinski definition) is 13. The van der Waals surface area contributed by atoms with Gasteiger partial charge in [-0.25, -0.2) is 0 Å². The van der Waals surface area contributed by atoms with Crippen molar-refractivity contribution in [3.05, 3.63) is 36.5 Å². The quantitative estimate of drug-likeness (QED) is 0.0207. The molecule has 0 radical (unpaired) electrons. The Morgan fingerprint density at radius 2 is 0.971 bits per heavy atom. The van der Waals surface area contributed by atoms with Crippen LogP contribution in [0.1, 0.15) is 213 Å². The maximum absolute atomic E-state index is 13.1. The summed E-state index contributed by atoms with van der Waals surface area (Å²) in [5, 5.41) is 86.1. The number of nitrogens with one attached hydrogen (secondary N) is 1. The van der Waals surface area contributed by atoms with Crippen molar-refractivity contribution < 1.29 is 64.6 Å². The van der Waals surface area contributed by atoms with Crippen molar-refractivity contribution in [2.24, 2.45) is 0 Å². The van der Waals surface area contributed by atoms with Crippen molar-refractivity contribution in [1.82, 2.24) is 5.32 Å². The highest BCUT2D eigenvalue weighted by Crippen LogP contribution is 2.30. The van der Waals surface area contributed by atoms with Crippen LogP contribution in [0.5, 0.6) is 0 Å². The fraction of sp³-hybridized carbons (Fsp3) is 0.873. The van der Waals surface area contributed by atoms with Gasteiger partial charge >= 0.3 is 0 Å². The van der Waals surface area contributed by atoms with Crippen molar-refractivity contribution in [2.45, 2.75) is 286 Å². The van der Waals surface area contributed by atoms with Crippen LogP contribution in [0, 0.1) is 0 Å². The van der Waals surface area contributed by atoms with Crippen molar-refractivity contribution >= 4 is 5.91 Å². The summed E-state index contributed by atoms with van der Waals surface area (Å²) in [6.45, 7) is 2.61. The highest BCUT2D eigenvalue weighted by molar-refractivity contribution is 5.76. The van der Waals surface area contributed by atoms with E-state index < -0.39 is 86.8 Å². The van der Waals surface area contributed by atoms with Crippen LogP contribution in [-0.4, -0.2) is 140 Å². The van der Waals surface area contributed by atoms with E-state index in [9.17, 15) is 45.6 Å². The second-order valence-corrected chi connectivity index (χ2v) is 19.7. The second-order valence-electron chi connectivity index (χ2n) is 19.7. The molecule has 1 amide bonds. The molecule has 2 rings (SSSR count). The minimum absolute atomic E-state index is 0.247. The zero-order valence-electron chi connectivity index (χ0n) is 43.1. The lowest BCUT2D eigenvalue weighted by molar-refractivity contribution is -0.359. The molecular formula is C55H101NO13. The number of aliphatic hydroxyl groups excluding tert-OH is 8. The maximum Gasteiger partial charge on any atom is 0.220 e. The molecule has 14 nitrogen and oxygen atoms in total. The van der Waals surface area contributed by atoms with Gasteiger partial charge in [-0.1, -0.05) is 198 Å². The van der Waals surface area contributed by atoms with Crippen molar-refractivity contribution in [3.8, 4) is 0 Å². The van der Waals surface area contributed by atoms with Gasteiger partial charge in [-0.05, 0) is 44.9 Å². The van der Waals surface area contributed by atoms with Crippen LogP contribution in [0.4, 0.5) is 0 Å². The van der Waals surface area contributed by atoms with E-state index in [4.69, 9.17) is 18.9 Å². The molecular weight excluding hydrogens is 883 g/mol. The first-order valence-electron chi connectivity index (χ1n) is 27.7. The Morgan fingerprint density at radius 1 is 0.522 bits per heavy atom. The van der Waals surface area contributed by atoms with Crippen LogP contribution in [0.2, 0.25) is 0 Å². The number of hydrogen-bond donors (Lipinski definition) is 9. The van der Waals surface area contributed by atoms with Crippen molar-refractivity contribution in [1.29, 1.82) is 0 Å². The van der Waals surface area contributed by atoms with Gasteiger partial charge in [0.15, 0.2) is 12.6 Å². The van der Waals surface area contributed by atoms with Gasteiger partial charge in [0.05, 0.1) is 32.0 Å². The molecule has 0 aromatic heterocycles. The summed E-state index contributed by atoms with van der Waals surface area (Å²) in [4.78, 5) is 13.1. The zero-order valence-corrected chi connectivity index (χ0v) is 43.1. The molecule has 2 aliphatic heterocycles.